The highest BCUT2D eigenvalue weighted by atomic mass is 32.2. The molecule has 168 valence electrons. The maximum absolute atomic E-state index is 13.2. The van der Waals surface area contributed by atoms with E-state index in [0.29, 0.717) is 16.1 Å². The molecule has 2 atom stereocenters. The molecule has 0 aliphatic heterocycles. The topological polar surface area (TPSA) is 64.0 Å². The van der Waals surface area contributed by atoms with Crippen LogP contribution in [-0.2, 0) is 4.79 Å². The van der Waals surface area contributed by atoms with E-state index in [1.807, 2.05) is 93.6 Å². The molecule has 0 aliphatic carbocycles. The number of benzene rings is 3. The van der Waals surface area contributed by atoms with Gasteiger partial charge in [0.15, 0.2) is 5.16 Å². The van der Waals surface area contributed by atoms with Crippen molar-refractivity contribution in [2.24, 2.45) is 0 Å². The number of para-hydroxylation sites is 2. The van der Waals surface area contributed by atoms with E-state index in [9.17, 15) is 9.59 Å². The Bertz CT molecular complexity index is 1330. The summed E-state index contributed by atoms with van der Waals surface area (Å²) in [6, 6.07) is 25.1. The first-order chi connectivity index (χ1) is 16.0. The number of carbonyl (C=O) groups is 1. The van der Waals surface area contributed by atoms with Gasteiger partial charge in [0.1, 0.15) is 0 Å². The molecule has 1 N–H and O–H groups in total. The van der Waals surface area contributed by atoms with E-state index in [-0.39, 0.29) is 17.5 Å². The molecular weight excluding hydrogens is 430 g/mol. The van der Waals surface area contributed by atoms with Gasteiger partial charge in [-0.3, -0.25) is 14.2 Å². The number of aromatic nitrogens is 2. The molecule has 0 spiro atoms. The summed E-state index contributed by atoms with van der Waals surface area (Å²) in [5.74, 6) is -0.138. The van der Waals surface area contributed by atoms with E-state index in [4.69, 9.17) is 4.98 Å². The van der Waals surface area contributed by atoms with Gasteiger partial charge >= 0.3 is 0 Å². The lowest BCUT2D eigenvalue weighted by atomic mass is 10.0. The molecule has 0 saturated carbocycles. The molecule has 5 nitrogen and oxygen atoms in total. The summed E-state index contributed by atoms with van der Waals surface area (Å²) in [6.07, 6.45) is 0.790. The minimum atomic E-state index is -0.447. The molecular formula is C27H27N3O2S. The Balaban J connectivity index is 1.63. The molecule has 1 amide bonds. The van der Waals surface area contributed by atoms with E-state index in [2.05, 4.69) is 5.32 Å². The maximum atomic E-state index is 13.2. The van der Waals surface area contributed by atoms with Gasteiger partial charge in [-0.1, -0.05) is 79.3 Å². The molecule has 0 aliphatic rings. The van der Waals surface area contributed by atoms with Gasteiger partial charge in [-0.05, 0) is 44.0 Å². The number of thioether (sulfide) groups is 1. The summed E-state index contributed by atoms with van der Waals surface area (Å²) in [4.78, 5) is 31.1. The Morgan fingerprint density at radius 3 is 2.39 bits per heavy atom. The Labute approximate surface area is 197 Å². The fourth-order valence-corrected chi connectivity index (χ4v) is 4.70. The third-order valence-electron chi connectivity index (χ3n) is 5.73. The summed E-state index contributed by atoms with van der Waals surface area (Å²) >= 11 is 1.31. The molecule has 3 aromatic carbocycles. The molecule has 0 fully saturated rings. The average molecular weight is 458 g/mol. The number of anilines is 1. The number of hydrogen-bond acceptors (Lipinski definition) is 4. The second kappa shape index (κ2) is 10.0. The van der Waals surface area contributed by atoms with Gasteiger partial charge in [0.2, 0.25) is 5.91 Å². The Kier molecular flexibility index (Phi) is 6.94. The number of rotatable bonds is 7. The number of fused-ring (bicyclic) bond motifs is 1. The van der Waals surface area contributed by atoms with Crippen molar-refractivity contribution in [1.82, 2.24) is 9.55 Å². The lowest BCUT2D eigenvalue weighted by Gasteiger charge is -2.20. The Morgan fingerprint density at radius 1 is 0.970 bits per heavy atom. The molecule has 0 radical (unpaired) electrons. The third-order valence-corrected chi connectivity index (χ3v) is 6.79. The van der Waals surface area contributed by atoms with Crippen LogP contribution < -0.4 is 10.9 Å². The zero-order chi connectivity index (χ0) is 23.4. The first kappa shape index (κ1) is 22.8. The standard InChI is InChI=1S/C27H27N3O2S/c1-4-18(2)30-26(32)22-15-9-11-17-24(22)29-27(30)33-19(3)25(31)28-23-16-10-8-14-21(23)20-12-6-5-7-13-20/h5-19H,4H2,1-3H3,(H,28,31). The van der Waals surface area contributed by atoms with Crippen LogP contribution in [0.25, 0.3) is 22.0 Å². The number of carbonyl (C=O) groups excluding carboxylic acids is 1. The van der Waals surface area contributed by atoms with Crippen LogP contribution in [0.15, 0.2) is 88.8 Å². The first-order valence-corrected chi connectivity index (χ1v) is 12.0. The van der Waals surface area contributed by atoms with Crippen LogP contribution in [0.4, 0.5) is 5.69 Å². The van der Waals surface area contributed by atoms with Gasteiger partial charge < -0.3 is 5.32 Å². The molecule has 6 heteroatoms. The van der Waals surface area contributed by atoms with Gasteiger partial charge in [-0.15, -0.1) is 0 Å². The summed E-state index contributed by atoms with van der Waals surface area (Å²) in [6.45, 7) is 5.88. The van der Waals surface area contributed by atoms with Crippen LogP contribution >= 0.6 is 11.8 Å². The smallest absolute Gasteiger partial charge is 0.262 e. The number of amides is 1. The highest BCUT2D eigenvalue weighted by molar-refractivity contribution is 8.00. The van der Waals surface area contributed by atoms with E-state index < -0.39 is 5.25 Å². The van der Waals surface area contributed by atoms with Crippen LogP contribution in [0, 0.1) is 0 Å². The fraction of sp³-hybridized carbons (Fsp3) is 0.222. The molecule has 1 aromatic heterocycles. The second-order valence-corrected chi connectivity index (χ2v) is 9.31. The second-order valence-electron chi connectivity index (χ2n) is 8.00. The molecule has 33 heavy (non-hydrogen) atoms. The van der Waals surface area contributed by atoms with Gasteiger partial charge in [-0.2, -0.15) is 0 Å². The largest absolute Gasteiger partial charge is 0.325 e. The van der Waals surface area contributed by atoms with Crippen LogP contribution in [0.5, 0.6) is 0 Å². The monoisotopic (exact) mass is 457 g/mol. The highest BCUT2D eigenvalue weighted by Crippen LogP contribution is 2.30. The zero-order valence-corrected chi connectivity index (χ0v) is 19.8. The van der Waals surface area contributed by atoms with Crippen molar-refractivity contribution in [2.75, 3.05) is 5.32 Å². The van der Waals surface area contributed by atoms with Gasteiger partial charge in [0.25, 0.3) is 5.56 Å². The predicted molar refractivity (Wildman–Crippen MR) is 137 cm³/mol. The molecule has 0 saturated heterocycles. The van der Waals surface area contributed by atoms with Crippen molar-refractivity contribution in [3.05, 3.63) is 89.2 Å². The zero-order valence-electron chi connectivity index (χ0n) is 19.0. The van der Waals surface area contributed by atoms with Crippen LogP contribution in [0.3, 0.4) is 0 Å². The molecule has 1 heterocycles. The van der Waals surface area contributed by atoms with Crippen LogP contribution in [0.2, 0.25) is 0 Å². The SMILES string of the molecule is CCC(C)n1c(SC(C)C(=O)Nc2ccccc2-c2ccccc2)nc2ccccc2c1=O. The average Bonchev–Trinajstić information content (AvgIpc) is 2.84. The minimum absolute atomic E-state index is 0.0221. The molecule has 4 aromatic rings. The van der Waals surface area contributed by atoms with Gasteiger partial charge in [-0.25, -0.2) is 4.98 Å². The molecule has 0 bridgehead atoms. The number of hydrogen-bond donors (Lipinski definition) is 1. The third kappa shape index (κ3) is 4.86. The van der Waals surface area contributed by atoms with Crippen molar-refractivity contribution >= 4 is 34.3 Å². The Morgan fingerprint density at radius 2 is 1.64 bits per heavy atom. The summed E-state index contributed by atoms with van der Waals surface area (Å²) in [5, 5.41) is 3.78. The minimum Gasteiger partial charge on any atom is -0.325 e. The van der Waals surface area contributed by atoms with Crippen molar-refractivity contribution < 1.29 is 4.79 Å². The summed E-state index contributed by atoms with van der Waals surface area (Å²) < 4.78 is 1.72. The van der Waals surface area contributed by atoms with Crippen molar-refractivity contribution in [3.63, 3.8) is 0 Å². The van der Waals surface area contributed by atoms with E-state index in [0.717, 1.165) is 23.2 Å². The van der Waals surface area contributed by atoms with Crippen molar-refractivity contribution in [3.8, 4) is 11.1 Å². The van der Waals surface area contributed by atoms with Crippen molar-refractivity contribution in [1.29, 1.82) is 0 Å². The van der Waals surface area contributed by atoms with Crippen LogP contribution in [-0.4, -0.2) is 20.7 Å². The van der Waals surface area contributed by atoms with Crippen LogP contribution in [0.1, 0.15) is 33.2 Å². The Hall–Kier alpha value is -3.38. The molecule has 4 rings (SSSR count). The number of nitrogens with one attached hydrogen (secondary N) is 1. The van der Waals surface area contributed by atoms with Gasteiger partial charge in [0.05, 0.1) is 16.2 Å². The van der Waals surface area contributed by atoms with Gasteiger partial charge in [0, 0.05) is 17.3 Å². The fourth-order valence-electron chi connectivity index (χ4n) is 3.69. The summed E-state index contributed by atoms with van der Waals surface area (Å²) in [5.41, 5.74) is 3.33. The molecule has 2 unspecified atom stereocenters. The lowest BCUT2D eigenvalue weighted by Crippen LogP contribution is -2.28. The van der Waals surface area contributed by atoms with E-state index in [1.54, 1.807) is 10.6 Å². The highest BCUT2D eigenvalue weighted by Gasteiger charge is 2.22. The first-order valence-electron chi connectivity index (χ1n) is 11.1. The lowest BCUT2D eigenvalue weighted by molar-refractivity contribution is -0.115. The quantitative estimate of drug-likeness (QED) is 0.267. The summed E-state index contributed by atoms with van der Waals surface area (Å²) in [7, 11) is 0. The predicted octanol–water partition coefficient (Wildman–Crippen LogP) is 6.15. The number of nitrogens with zero attached hydrogens (tertiary/aromatic N) is 2. The normalized spacial score (nSPS) is 12.9. The maximum Gasteiger partial charge on any atom is 0.262 e. The van der Waals surface area contributed by atoms with Crippen molar-refractivity contribution in [2.45, 2.75) is 43.6 Å². The van der Waals surface area contributed by atoms with E-state index >= 15 is 0 Å². The van der Waals surface area contributed by atoms with E-state index in [1.165, 1.54) is 11.8 Å².